The Morgan fingerprint density at radius 1 is 0.960 bits per heavy atom. The summed E-state index contributed by atoms with van der Waals surface area (Å²) in [5.74, 6) is 0.558. The first-order valence-corrected chi connectivity index (χ1v) is 8.14. The van der Waals surface area contributed by atoms with Gasteiger partial charge in [-0.05, 0) is 29.8 Å². The number of ether oxygens (including phenoxy) is 1. The van der Waals surface area contributed by atoms with Crippen LogP contribution in [0.4, 0.5) is 0 Å². The minimum absolute atomic E-state index is 0.114. The summed E-state index contributed by atoms with van der Waals surface area (Å²) in [4.78, 5) is 4.76. The van der Waals surface area contributed by atoms with Gasteiger partial charge in [-0.25, -0.2) is 4.98 Å². The summed E-state index contributed by atoms with van der Waals surface area (Å²) in [6.45, 7) is 0. The first-order valence-electron chi connectivity index (χ1n) is 8.14. The Kier molecular flexibility index (Phi) is 3.86. The number of hydrogen-bond acceptors (Lipinski definition) is 3. The molecule has 0 aliphatic carbocycles. The molecule has 0 saturated heterocycles. The molecule has 0 saturated carbocycles. The number of para-hydroxylation sites is 1. The van der Waals surface area contributed by atoms with Gasteiger partial charge in [0.1, 0.15) is 5.65 Å². The fourth-order valence-electron chi connectivity index (χ4n) is 3.10. The molecule has 0 bridgehead atoms. The fourth-order valence-corrected chi connectivity index (χ4v) is 3.10. The van der Waals surface area contributed by atoms with Crippen molar-refractivity contribution in [1.82, 2.24) is 9.38 Å². The molecule has 4 nitrogen and oxygen atoms in total. The van der Waals surface area contributed by atoms with Crippen molar-refractivity contribution in [2.45, 2.75) is 6.42 Å². The van der Waals surface area contributed by atoms with Crippen LogP contribution in [0.25, 0.3) is 16.9 Å². The predicted molar refractivity (Wildman–Crippen MR) is 98.1 cm³/mol. The minimum atomic E-state index is 0.114. The Hall–Kier alpha value is -3.27. The number of nitrogens with zero attached hydrogens (tertiary/aromatic N) is 2. The molecular weight excluding hydrogens is 312 g/mol. The number of benzene rings is 2. The molecule has 25 heavy (non-hydrogen) atoms. The van der Waals surface area contributed by atoms with Crippen LogP contribution in [0.1, 0.15) is 11.3 Å². The third kappa shape index (κ3) is 2.72. The third-order valence-electron chi connectivity index (χ3n) is 4.32. The van der Waals surface area contributed by atoms with Gasteiger partial charge in [-0.2, -0.15) is 0 Å². The second-order valence-corrected chi connectivity index (χ2v) is 5.85. The van der Waals surface area contributed by atoms with Crippen LogP contribution in [-0.4, -0.2) is 21.6 Å². The molecule has 124 valence electrons. The molecule has 0 spiro atoms. The number of pyridine rings is 1. The lowest BCUT2D eigenvalue weighted by Gasteiger charge is -2.09. The second kappa shape index (κ2) is 6.32. The Labute approximate surface area is 146 Å². The standard InChI is InChI=1S/C21H18N2O2/c1-25-18-11-7-10-16(21(18)24)20-17(14-15-8-3-2-4-9-15)23-13-6-5-12-19(23)22-20/h2-13,24H,14H2,1H3. The topological polar surface area (TPSA) is 46.8 Å². The zero-order chi connectivity index (χ0) is 17.2. The van der Waals surface area contributed by atoms with Gasteiger partial charge in [0, 0.05) is 18.2 Å². The molecule has 4 aromatic rings. The molecule has 2 aromatic carbocycles. The normalized spacial score (nSPS) is 10.9. The van der Waals surface area contributed by atoms with Gasteiger partial charge < -0.3 is 14.2 Å². The summed E-state index contributed by atoms with van der Waals surface area (Å²) in [5.41, 5.74) is 4.52. The average Bonchev–Trinajstić information content (AvgIpc) is 3.01. The van der Waals surface area contributed by atoms with E-state index in [4.69, 9.17) is 9.72 Å². The first kappa shape index (κ1) is 15.3. The Morgan fingerprint density at radius 2 is 1.76 bits per heavy atom. The smallest absolute Gasteiger partial charge is 0.167 e. The highest BCUT2D eigenvalue weighted by Gasteiger charge is 2.18. The van der Waals surface area contributed by atoms with Crippen molar-refractivity contribution in [3.8, 4) is 22.8 Å². The lowest BCUT2D eigenvalue weighted by Crippen LogP contribution is -1.97. The number of imidazole rings is 1. The molecule has 0 fully saturated rings. The molecule has 0 unspecified atom stereocenters. The Morgan fingerprint density at radius 3 is 2.56 bits per heavy atom. The van der Waals surface area contributed by atoms with Crippen LogP contribution in [0.2, 0.25) is 0 Å². The minimum Gasteiger partial charge on any atom is -0.504 e. The zero-order valence-corrected chi connectivity index (χ0v) is 13.9. The van der Waals surface area contributed by atoms with E-state index in [0.29, 0.717) is 11.3 Å². The van der Waals surface area contributed by atoms with Crippen molar-refractivity contribution < 1.29 is 9.84 Å². The summed E-state index contributed by atoms with van der Waals surface area (Å²) < 4.78 is 7.33. The van der Waals surface area contributed by atoms with E-state index in [-0.39, 0.29) is 5.75 Å². The molecule has 0 atom stereocenters. The first-order chi connectivity index (χ1) is 12.3. The summed E-state index contributed by atoms with van der Waals surface area (Å²) in [6, 6.07) is 21.6. The third-order valence-corrected chi connectivity index (χ3v) is 4.32. The van der Waals surface area contributed by atoms with Gasteiger partial charge in [-0.1, -0.05) is 42.5 Å². The van der Waals surface area contributed by atoms with Gasteiger partial charge in [0.2, 0.25) is 0 Å². The van der Waals surface area contributed by atoms with Crippen LogP contribution in [0.3, 0.4) is 0 Å². The van der Waals surface area contributed by atoms with E-state index in [9.17, 15) is 5.11 Å². The number of hydrogen-bond donors (Lipinski definition) is 1. The van der Waals surface area contributed by atoms with E-state index < -0.39 is 0 Å². The monoisotopic (exact) mass is 330 g/mol. The molecule has 4 rings (SSSR count). The molecule has 2 aromatic heterocycles. The van der Waals surface area contributed by atoms with Gasteiger partial charge in [-0.3, -0.25) is 0 Å². The van der Waals surface area contributed by atoms with Crippen LogP contribution >= 0.6 is 0 Å². The van der Waals surface area contributed by atoms with E-state index in [1.165, 1.54) is 5.56 Å². The maximum absolute atomic E-state index is 10.6. The number of methoxy groups -OCH3 is 1. The number of phenols is 1. The van der Waals surface area contributed by atoms with E-state index in [1.54, 1.807) is 13.2 Å². The fraction of sp³-hybridized carbons (Fsp3) is 0.0952. The SMILES string of the molecule is COc1cccc(-c2nc3ccccn3c2Cc2ccccc2)c1O. The van der Waals surface area contributed by atoms with Crippen molar-refractivity contribution in [3.63, 3.8) is 0 Å². The molecule has 0 amide bonds. The summed E-state index contributed by atoms with van der Waals surface area (Å²) in [5, 5.41) is 10.6. The predicted octanol–water partition coefficient (Wildman–Crippen LogP) is 4.31. The Bertz CT molecular complexity index is 1020. The maximum Gasteiger partial charge on any atom is 0.167 e. The van der Waals surface area contributed by atoms with Crippen molar-refractivity contribution in [2.24, 2.45) is 0 Å². The highest BCUT2D eigenvalue weighted by atomic mass is 16.5. The van der Waals surface area contributed by atoms with Gasteiger partial charge in [0.25, 0.3) is 0 Å². The molecule has 4 heteroatoms. The van der Waals surface area contributed by atoms with Crippen LogP contribution in [0.15, 0.2) is 72.9 Å². The van der Waals surface area contributed by atoms with E-state index in [1.807, 2.05) is 54.7 Å². The largest absolute Gasteiger partial charge is 0.504 e. The number of aromatic hydroxyl groups is 1. The van der Waals surface area contributed by atoms with Gasteiger partial charge >= 0.3 is 0 Å². The molecule has 2 heterocycles. The van der Waals surface area contributed by atoms with Gasteiger partial charge in [0.05, 0.1) is 18.5 Å². The summed E-state index contributed by atoms with van der Waals surface area (Å²) >= 11 is 0. The van der Waals surface area contributed by atoms with E-state index in [0.717, 1.165) is 23.5 Å². The zero-order valence-electron chi connectivity index (χ0n) is 13.9. The highest BCUT2D eigenvalue weighted by molar-refractivity contribution is 5.75. The molecule has 0 radical (unpaired) electrons. The number of phenolic OH excluding ortho intramolecular Hbond substituents is 1. The van der Waals surface area contributed by atoms with Gasteiger partial charge in [0.15, 0.2) is 11.5 Å². The van der Waals surface area contributed by atoms with Crippen LogP contribution in [0.5, 0.6) is 11.5 Å². The number of rotatable bonds is 4. The van der Waals surface area contributed by atoms with Crippen molar-refractivity contribution in [1.29, 1.82) is 0 Å². The van der Waals surface area contributed by atoms with Crippen molar-refractivity contribution in [3.05, 3.63) is 84.2 Å². The van der Waals surface area contributed by atoms with Crippen molar-refractivity contribution >= 4 is 5.65 Å². The molecular formula is C21H18N2O2. The molecule has 0 aliphatic heterocycles. The summed E-state index contributed by atoms with van der Waals surface area (Å²) in [6.07, 6.45) is 2.72. The molecule has 1 N–H and O–H groups in total. The lowest BCUT2D eigenvalue weighted by molar-refractivity contribution is 0.374. The number of fused-ring (bicyclic) bond motifs is 1. The highest BCUT2D eigenvalue weighted by Crippen LogP contribution is 2.38. The lowest BCUT2D eigenvalue weighted by atomic mass is 10.0. The molecule has 0 aliphatic rings. The van der Waals surface area contributed by atoms with Crippen molar-refractivity contribution in [2.75, 3.05) is 7.11 Å². The quantitative estimate of drug-likeness (QED) is 0.606. The maximum atomic E-state index is 10.6. The van der Waals surface area contributed by atoms with E-state index in [2.05, 4.69) is 16.5 Å². The second-order valence-electron chi connectivity index (χ2n) is 5.85. The van der Waals surface area contributed by atoms with Crippen LogP contribution < -0.4 is 4.74 Å². The van der Waals surface area contributed by atoms with Gasteiger partial charge in [-0.15, -0.1) is 0 Å². The van der Waals surface area contributed by atoms with Crippen LogP contribution in [-0.2, 0) is 6.42 Å². The Balaban J connectivity index is 1.93. The average molecular weight is 330 g/mol. The number of aromatic nitrogens is 2. The van der Waals surface area contributed by atoms with E-state index >= 15 is 0 Å². The van der Waals surface area contributed by atoms with Crippen LogP contribution in [0, 0.1) is 0 Å². The summed E-state index contributed by atoms with van der Waals surface area (Å²) in [7, 11) is 1.55.